The van der Waals surface area contributed by atoms with Gasteiger partial charge in [0.25, 0.3) is 0 Å². The van der Waals surface area contributed by atoms with Crippen LogP contribution >= 0.6 is 0 Å². The van der Waals surface area contributed by atoms with Crippen molar-refractivity contribution < 1.29 is 19.4 Å². The minimum Gasteiger partial charge on any atom is -0.366 e. The Bertz CT molecular complexity index is 446. The summed E-state index contributed by atoms with van der Waals surface area (Å²) in [5, 5.41) is 12.9. The van der Waals surface area contributed by atoms with E-state index in [4.69, 9.17) is 4.74 Å². The number of rotatable bonds is 3. The minimum atomic E-state index is -1.22. The summed E-state index contributed by atoms with van der Waals surface area (Å²) < 4.78 is 5.49. The molecular weight excluding hydrogens is 282 g/mol. The van der Waals surface area contributed by atoms with E-state index in [-0.39, 0.29) is 23.5 Å². The summed E-state index contributed by atoms with van der Waals surface area (Å²) in [6.45, 7) is 7.69. The van der Waals surface area contributed by atoms with Crippen LogP contribution in [-0.2, 0) is 14.3 Å². The Balaban J connectivity index is 0.000000847. The van der Waals surface area contributed by atoms with Gasteiger partial charge in [0.1, 0.15) is 5.60 Å². The lowest BCUT2D eigenvalue weighted by Crippen LogP contribution is -2.80. The van der Waals surface area contributed by atoms with Crippen LogP contribution in [0.2, 0.25) is 0 Å². The van der Waals surface area contributed by atoms with Crippen molar-refractivity contribution in [1.82, 2.24) is 5.32 Å². The molecule has 4 atom stereocenters. The van der Waals surface area contributed by atoms with Gasteiger partial charge in [-0.05, 0) is 26.2 Å². The third kappa shape index (κ3) is 2.13. The smallest absolute Gasteiger partial charge is 0.227 e. The van der Waals surface area contributed by atoms with E-state index in [0.717, 1.165) is 32.1 Å². The zero-order chi connectivity index (χ0) is 16.5. The monoisotopic (exact) mass is 311 g/mol. The van der Waals surface area contributed by atoms with Gasteiger partial charge >= 0.3 is 0 Å². The molecule has 2 N–H and O–H groups in total. The molecule has 0 aromatic carbocycles. The first-order valence-corrected chi connectivity index (χ1v) is 8.69. The van der Waals surface area contributed by atoms with Crippen molar-refractivity contribution in [3.05, 3.63) is 0 Å². The summed E-state index contributed by atoms with van der Waals surface area (Å²) in [6.07, 6.45) is 4.37. The SMILES string of the molecule is CC.CCC1C(=O)NC2(C(=O)C3CCCCC3)C(O)OC12C. The summed E-state index contributed by atoms with van der Waals surface area (Å²) in [7, 11) is 0. The van der Waals surface area contributed by atoms with Gasteiger partial charge in [-0.25, -0.2) is 0 Å². The number of fused-ring (bicyclic) bond motifs is 1. The van der Waals surface area contributed by atoms with Crippen molar-refractivity contribution >= 4 is 11.7 Å². The number of amides is 1. The molecule has 0 radical (unpaired) electrons. The average Bonchev–Trinajstić information content (AvgIpc) is 2.72. The molecule has 3 rings (SSSR count). The first-order valence-electron chi connectivity index (χ1n) is 8.69. The molecule has 2 saturated heterocycles. The van der Waals surface area contributed by atoms with Gasteiger partial charge in [-0.3, -0.25) is 9.59 Å². The molecule has 22 heavy (non-hydrogen) atoms. The molecule has 2 aliphatic heterocycles. The average molecular weight is 311 g/mol. The Kier molecular flexibility index (Phi) is 4.97. The Morgan fingerprint density at radius 3 is 2.41 bits per heavy atom. The van der Waals surface area contributed by atoms with Crippen LogP contribution in [0.4, 0.5) is 0 Å². The standard InChI is InChI=1S/C15H23NO4.C2H6/c1-3-10-12(18)16-15(13(19)20-14(10,15)2)11(17)9-7-5-4-6-8-9;1-2/h9-10,13,19H,3-8H2,1-2H3,(H,16,18);1-2H3. The quantitative estimate of drug-likeness (QED) is 0.837. The summed E-state index contributed by atoms with van der Waals surface area (Å²) >= 11 is 0. The highest BCUT2D eigenvalue weighted by atomic mass is 16.7. The fraction of sp³-hybridized carbons (Fsp3) is 0.882. The summed E-state index contributed by atoms with van der Waals surface area (Å²) in [5.41, 5.74) is -2.11. The number of hydrogen-bond donors (Lipinski definition) is 2. The van der Waals surface area contributed by atoms with Gasteiger partial charge in [0.15, 0.2) is 17.6 Å². The first-order chi connectivity index (χ1) is 10.5. The van der Waals surface area contributed by atoms with Crippen LogP contribution in [0.15, 0.2) is 0 Å². The summed E-state index contributed by atoms with van der Waals surface area (Å²) in [6, 6.07) is 0. The fourth-order valence-electron chi connectivity index (χ4n) is 4.36. The maximum Gasteiger partial charge on any atom is 0.227 e. The normalized spacial score (nSPS) is 40.9. The highest BCUT2D eigenvalue weighted by Crippen LogP contribution is 2.54. The van der Waals surface area contributed by atoms with Crippen molar-refractivity contribution in [3.8, 4) is 0 Å². The van der Waals surface area contributed by atoms with E-state index in [0.29, 0.717) is 6.42 Å². The van der Waals surface area contributed by atoms with Crippen molar-refractivity contribution in [2.24, 2.45) is 11.8 Å². The second-order valence-electron chi connectivity index (χ2n) is 6.53. The van der Waals surface area contributed by atoms with Gasteiger partial charge in [-0.1, -0.05) is 40.0 Å². The molecule has 0 bridgehead atoms. The molecule has 4 unspecified atom stereocenters. The number of carbonyl (C=O) groups is 2. The fourth-order valence-corrected chi connectivity index (χ4v) is 4.36. The number of ketones is 1. The minimum absolute atomic E-state index is 0.0252. The number of carbonyl (C=O) groups excluding carboxylic acids is 2. The largest absolute Gasteiger partial charge is 0.366 e. The van der Waals surface area contributed by atoms with E-state index >= 15 is 0 Å². The highest BCUT2D eigenvalue weighted by molar-refractivity contribution is 6.02. The second-order valence-corrected chi connectivity index (χ2v) is 6.53. The van der Waals surface area contributed by atoms with Gasteiger partial charge in [-0.15, -0.1) is 0 Å². The zero-order valence-electron chi connectivity index (χ0n) is 14.1. The first kappa shape index (κ1) is 17.4. The zero-order valence-corrected chi connectivity index (χ0v) is 14.1. The Morgan fingerprint density at radius 1 is 1.32 bits per heavy atom. The molecule has 3 fully saturated rings. The van der Waals surface area contributed by atoms with E-state index in [1.165, 1.54) is 0 Å². The third-order valence-corrected chi connectivity index (χ3v) is 5.58. The highest BCUT2D eigenvalue weighted by Gasteiger charge is 2.77. The van der Waals surface area contributed by atoms with Crippen LogP contribution in [0.1, 0.15) is 66.2 Å². The van der Waals surface area contributed by atoms with Crippen LogP contribution in [0.25, 0.3) is 0 Å². The lowest BCUT2D eigenvalue weighted by Gasteiger charge is -2.56. The summed E-state index contributed by atoms with van der Waals surface area (Å²) in [4.78, 5) is 25.1. The molecule has 5 heteroatoms. The number of ether oxygens (including phenoxy) is 1. The second kappa shape index (κ2) is 6.28. The van der Waals surface area contributed by atoms with Gasteiger partial charge < -0.3 is 15.2 Å². The van der Waals surface area contributed by atoms with Gasteiger partial charge in [0.05, 0.1) is 5.92 Å². The van der Waals surface area contributed by atoms with Crippen molar-refractivity contribution in [3.63, 3.8) is 0 Å². The molecule has 0 spiro atoms. The maximum absolute atomic E-state index is 13.0. The van der Waals surface area contributed by atoms with Crippen LogP contribution < -0.4 is 5.32 Å². The van der Waals surface area contributed by atoms with Crippen molar-refractivity contribution in [2.45, 2.75) is 83.6 Å². The molecule has 0 aromatic rings. The Labute approximate surface area is 132 Å². The molecule has 1 saturated carbocycles. The van der Waals surface area contributed by atoms with Crippen LogP contribution in [0, 0.1) is 11.8 Å². The maximum atomic E-state index is 13.0. The summed E-state index contributed by atoms with van der Waals surface area (Å²) in [5.74, 6) is -0.616. The number of aliphatic hydroxyl groups is 1. The van der Waals surface area contributed by atoms with Gasteiger partial charge in [0.2, 0.25) is 5.91 Å². The molecular formula is C17H29NO4. The van der Waals surface area contributed by atoms with Gasteiger partial charge in [-0.2, -0.15) is 0 Å². The topological polar surface area (TPSA) is 75.6 Å². The number of hydrogen-bond acceptors (Lipinski definition) is 4. The van der Waals surface area contributed by atoms with Crippen LogP contribution in [0.5, 0.6) is 0 Å². The molecule has 1 aliphatic carbocycles. The number of aliphatic hydroxyl groups excluding tert-OH is 1. The lowest BCUT2D eigenvalue weighted by atomic mass is 9.64. The van der Waals surface area contributed by atoms with E-state index in [1.54, 1.807) is 6.92 Å². The van der Waals surface area contributed by atoms with E-state index < -0.39 is 17.4 Å². The predicted octanol–water partition coefficient (Wildman–Crippen LogP) is 2.16. The van der Waals surface area contributed by atoms with E-state index in [2.05, 4.69) is 5.32 Å². The molecule has 0 aromatic heterocycles. The van der Waals surface area contributed by atoms with Crippen LogP contribution in [-0.4, -0.2) is 34.2 Å². The molecule has 126 valence electrons. The molecule has 3 aliphatic rings. The third-order valence-electron chi connectivity index (χ3n) is 5.58. The predicted molar refractivity (Wildman–Crippen MR) is 83.1 cm³/mol. The Morgan fingerprint density at radius 2 is 1.91 bits per heavy atom. The molecule has 2 heterocycles. The van der Waals surface area contributed by atoms with E-state index in [9.17, 15) is 14.7 Å². The number of Topliss-reactive ketones (excluding diaryl/α,β-unsaturated/α-hetero) is 1. The van der Waals surface area contributed by atoms with Crippen molar-refractivity contribution in [2.75, 3.05) is 0 Å². The Hall–Kier alpha value is -0.940. The van der Waals surface area contributed by atoms with Crippen molar-refractivity contribution in [1.29, 1.82) is 0 Å². The molecule has 5 nitrogen and oxygen atoms in total. The molecule has 1 amide bonds. The van der Waals surface area contributed by atoms with Gasteiger partial charge in [0, 0.05) is 5.92 Å². The van der Waals surface area contributed by atoms with Crippen LogP contribution in [0.3, 0.4) is 0 Å². The number of nitrogens with one attached hydrogen (secondary N) is 1. The lowest BCUT2D eigenvalue weighted by molar-refractivity contribution is -0.336. The van der Waals surface area contributed by atoms with E-state index in [1.807, 2.05) is 20.8 Å².